The molecule has 7 nitrogen and oxygen atoms in total. The summed E-state index contributed by atoms with van der Waals surface area (Å²) in [6, 6.07) is 11.7. The molecular weight excluding hydrogens is 426 g/mol. The van der Waals surface area contributed by atoms with Gasteiger partial charge in [-0.25, -0.2) is 8.42 Å². The summed E-state index contributed by atoms with van der Waals surface area (Å²) in [6.45, 7) is 5.54. The van der Waals surface area contributed by atoms with Gasteiger partial charge in [0.25, 0.3) is 5.91 Å². The summed E-state index contributed by atoms with van der Waals surface area (Å²) in [5.74, 6) is -0.932. The molecule has 0 radical (unpaired) electrons. The monoisotopic (exact) mass is 449 g/mol. The molecule has 0 aliphatic heterocycles. The molecule has 0 bridgehead atoms. The van der Waals surface area contributed by atoms with Crippen LogP contribution in [0, 0.1) is 0 Å². The summed E-state index contributed by atoms with van der Waals surface area (Å²) < 4.78 is 26.1. The van der Waals surface area contributed by atoms with Gasteiger partial charge < -0.3 is 10.6 Å². The molecule has 2 N–H and O–H groups in total. The molecule has 2 aromatic carbocycles. The first-order chi connectivity index (χ1) is 14.2. The highest BCUT2D eigenvalue weighted by Gasteiger charge is 2.32. The van der Waals surface area contributed by atoms with Crippen LogP contribution >= 0.6 is 11.6 Å². The SMILES string of the molecule is C=CCNC(=O)c1ccccc1NC(=O)[C@H](CC)N(c1ccc(Cl)cc1)S(C)(=O)=O. The van der Waals surface area contributed by atoms with Crippen LogP contribution < -0.4 is 14.9 Å². The summed E-state index contributed by atoms with van der Waals surface area (Å²) in [5, 5.41) is 5.80. The van der Waals surface area contributed by atoms with E-state index >= 15 is 0 Å². The number of benzene rings is 2. The normalized spacial score (nSPS) is 12.0. The van der Waals surface area contributed by atoms with Gasteiger partial charge in [0.2, 0.25) is 15.9 Å². The number of nitrogens with zero attached hydrogens (tertiary/aromatic N) is 1. The van der Waals surface area contributed by atoms with E-state index in [2.05, 4.69) is 17.2 Å². The van der Waals surface area contributed by atoms with E-state index in [4.69, 9.17) is 11.6 Å². The van der Waals surface area contributed by atoms with Crippen molar-refractivity contribution in [2.75, 3.05) is 22.4 Å². The fraction of sp³-hybridized carbons (Fsp3) is 0.238. The molecule has 30 heavy (non-hydrogen) atoms. The number of nitrogens with one attached hydrogen (secondary N) is 2. The van der Waals surface area contributed by atoms with Crippen LogP contribution in [0.4, 0.5) is 11.4 Å². The fourth-order valence-electron chi connectivity index (χ4n) is 2.91. The standard InChI is InChI=1S/C21H24ClN3O4S/c1-4-14-23-20(26)17-8-6-7-9-18(17)24-21(27)19(5-2)25(30(3,28)29)16-12-10-15(22)11-13-16/h4,6-13,19H,1,5,14H2,2-3H3,(H,23,26)(H,24,27)/t19-/m0/s1. The first-order valence-electron chi connectivity index (χ1n) is 9.23. The molecule has 0 aliphatic carbocycles. The highest BCUT2D eigenvalue weighted by atomic mass is 35.5. The number of para-hydroxylation sites is 1. The van der Waals surface area contributed by atoms with Gasteiger partial charge in [-0.15, -0.1) is 6.58 Å². The van der Waals surface area contributed by atoms with Crippen LogP contribution in [0.5, 0.6) is 0 Å². The molecule has 0 fully saturated rings. The Balaban J connectivity index is 2.37. The van der Waals surface area contributed by atoms with Crippen LogP contribution in [-0.2, 0) is 14.8 Å². The molecule has 9 heteroatoms. The van der Waals surface area contributed by atoms with Gasteiger partial charge in [-0.05, 0) is 42.8 Å². The summed E-state index contributed by atoms with van der Waals surface area (Å²) in [5.41, 5.74) is 0.868. The summed E-state index contributed by atoms with van der Waals surface area (Å²) in [6.07, 6.45) is 2.79. The van der Waals surface area contributed by atoms with Gasteiger partial charge in [-0.3, -0.25) is 13.9 Å². The first-order valence-corrected chi connectivity index (χ1v) is 11.5. The molecule has 0 saturated heterocycles. The summed E-state index contributed by atoms with van der Waals surface area (Å²) in [7, 11) is -3.78. The van der Waals surface area contributed by atoms with Crippen molar-refractivity contribution in [3.63, 3.8) is 0 Å². The zero-order valence-electron chi connectivity index (χ0n) is 16.8. The number of sulfonamides is 1. The van der Waals surface area contributed by atoms with Gasteiger partial charge in [-0.1, -0.05) is 36.7 Å². The van der Waals surface area contributed by atoms with E-state index in [1.807, 2.05) is 0 Å². The van der Waals surface area contributed by atoms with E-state index in [-0.39, 0.29) is 30.1 Å². The zero-order chi connectivity index (χ0) is 22.3. The van der Waals surface area contributed by atoms with E-state index in [0.29, 0.717) is 10.7 Å². The number of carbonyl (C=O) groups is 2. The minimum absolute atomic E-state index is 0.215. The molecule has 0 saturated carbocycles. The average Bonchev–Trinajstić information content (AvgIpc) is 2.70. The van der Waals surface area contributed by atoms with Gasteiger partial charge in [0.15, 0.2) is 0 Å². The van der Waals surface area contributed by atoms with Crippen molar-refractivity contribution in [3.8, 4) is 0 Å². The van der Waals surface area contributed by atoms with Crippen molar-refractivity contribution in [3.05, 3.63) is 71.8 Å². The number of hydrogen-bond acceptors (Lipinski definition) is 4. The second-order valence-electron chi connectivity index (χ2n) is 6.49. The number of amides is 2. The second kappa shape index (κ2) is 10.3. The Morgan fingerprint density at radius 2 is 1.80 bits per heavy atom. The lowest BCUT2D eigenvalue weighted by molar-refractivity contribution is -0.117. The molecule has 0 aliphatic rings. The average molecular weight is 450 g/mol. The van der Waals surface area contributed by atoms with Gasteiger partial charge in [0.05, 0.1) is 23.2 Å². The van der Waals surface area contributed by atoms with Crippen molar-refractivity contribution in [1.29, 1.82) is 0 Å². The maximum Gasteiger partial charge on any atom is 0.253 e. The van der Waals surface area contributed by atoms with Crippen LogP contribution in [0.2, 0.25) is 5.02 Å². The Morgan fingerprint density at radius 3 is 2.37 bits per heavy atom. The molecule has 2 aromatic rings. The van der Waals surface area contributed by atoms with Crippen LogP contribution in [0.15, 0.2) is 61.2 Å². The molecule has 2 rings (SSSR count). The van der Waals surface area contributed by atoms with Gasteiger partial charge in [0.1, 0.15) is 6.04 Å². The Morgan fingerprint density at radius 1 is 1.17 bits per heavy atom. The molecule has 0 heterocycles. The number of hydrogen-bond donors (Lipinski definition) is 2. The molecule has 0 spiro atoms. The van der Waals surface area contributed by atoms with Crippen LogP contribution in [0.25, 0.3) is 0 Å². The maximum atomic E-state index is 13.1. The summed E-state index contributed by atoms with van der Waals surface area (Å²) >= 11 is 5.91. The highest BCUT2D eigenvalue weighted by molar-refractivity contribution is 7.92. The number of halogens is 1. The smallest absolute Gasteiger partial charge is 0.253 e. The van der Waals surface area contributed by atoms with Gasteiger partial charge in [-0.2, -0.15) is 0 Å². The largest absolute Gasteiger partial charge is 0.349 e. The van der Waals surface area contributed by atoms with Crippen molar-refractivity contribution in [2.24, 2.45) is 0 Å². The number of carbonyl (C=O) groups excluding carboxylic acids is 2. The predicted molar refractivity (Wildman–Crippen MR) is 120 cm³/mol. The van der Waals surface area contributed by atoms with Crippen molar-refractivity contribution >= 4 is 44.8 Å². The number of rotatable bonds is 9. The molecule has 0 aromatic heterocycles. The van der Waals surface area contributed by atoms with Crippen LogP contribution in [0.3, 0.4) is 0 Å². The lowest BCUT2D eigenvalue weighted by atomic mass is 10.1. The predicted octanol–water partition coefficient (Wildman–Crippen LogP) is 3.44. The van der Waals surface area contributed by atoms with Gasteiger partial charge >= 0.3 is 0 Å². The second-order valence-corrected chi connectivity index (χ2v) is 8.79. The fourth-order valence-corrected chi connectivity index (χ4v) is 4.25. The molecular formula is C21H24ClN3O4S. The van der Waals surface area contributed by atoms with Crippen molar-refractivity contribution < 1.29 is 18.0 Å². The third-order valence-corrected chi connectivity index (χ3v) is 5.68. The summed E-state index contributed by atoms with van der Waals surface area (Å²) in [4.78, 5) is 25.4. The minimum Gasteiger partial charge on any atom is -0.349 e. The lowest BCUT2D eigenvalue weighted by Gasteiger charge is -2.30. The lowest BCUT2D eigenvalue weighted by Crippen LogP contribution is -2.47. The van der Waals surface area contributed by atoms with E-state index in [1.54, 1.807) is 49.4 Å². The molecule has 160 valence electrons. The Bertz CT molecular complexity index is 1020. The van der Waals surface area contributed by atoms with E-state index < -0.39 is 22.0 Å². The van der Waals surface area contributed by atoms with E-state index in [1.165, 1.54) is 12.1 Å². The van der Waals surface area contributed by atoms with E-state index in [0.717, 1.165) is 10.6 Å². The van der Waals surface area contributed by atoms with E-state index in [9.17, 15) is 18.0 Å². The number of anilines is 2. The zero-order valence-corrected chi connectivity index (χ0v) is 18.3. The Labute approximate surface area is 181 Å². The molecule has 1 atom stereocenters. The maximum absolute atomic E-state index is 13.1. The van der Waals surface area contributed by atoms with Crippen molar-refractivity contribution in [1.82, 2.24) is 5.32 Å². The quantitative estimate of drug-likeness (QED) is 0.573. The third kappa shape index (κ3) is 5.84. The topological polar surface area (TPSA) is 95.6 Å². The Hall–Kier alpha value is -2.84. The van der Waals surface area contributed by atoms with Crippen molar-refractivity contribution in [2.45, 2.75) is 19.4 Å². The first kappa shape index (κ1) is 23.4. The molecule has 0 unspecified atom stereocenters. The minimum atomic E-state index is -3.78. The van der Waals surface area contributed by atoms with Crippen LogP contribution in [-0.4, -0.2) is 39.1 Å². The Kier molecular flexibility index (Phi) is 8.02. The third-order valence-electron chi connectivity index (χ3n) is 4.25. The van der Waals surface area contributed by atoms with Gasteiger partial charge in [0, 0.05) is 11.6 Å². The highest BCUT2D eigenvalue weighted by Crippen LogP contribution is 2.25. The van der Waals surface area contributed by atoms with Crippen LogP contribution in [0.1, 0.15) is 23.7 Å². The molecule has 2 amide bonds.